The van der Waals surface area contributed by atoms with Crippen LogP contribution in [0.2, 0.25) is 0 Å². The van der Waals surface area contributed by atoms with Crippen LogP contribution in [-0.4, -0.2) is 35.9 Å². The number of nitrogens with zero attached hydrogens (tertiary/aromatic N) is 1. The van der Waals surface area contributed by atoms with Crippen molar-refractivity contribution in [3.05, 3.63) is 71.0 Å². The lowest BCUT2D eigenvalue weighted by atomic mass is 9.62. The van der Waals surface area contributed by atoms with Gasteiger partial charge in [-0.15, -0.1) is 0 Å². The minimum Gasteiger partial charge on any atom is -0.393 e. The monoisotopic (exact) mass is 446 g/mol. The molecule has 2 fully saturated rings. The summed E-state index contributed by atoms with van der Waals surface area (Å²) in [5.41, 5.74) is 5.86. The van der Waals surface area contributed by atoms with Crippen molar-refractivity contribution in [3.63, 3.8) is 0 Å². The van der Waals surface area contributed by atoms with Gasteiger partial charge in [0.25, 0.3) is 0 Å². The molecular formula is C23H27FN2O4S. The molecule has 1 saturated carbocycles. The van der Waals surface area contributed by atoms with Crippen LogP contribution in [-0.2, 0) is 26.8 Å². The van der Waals surface area contributed by atoms with Gasteiger partial charge in [0.1, 0.15) is 11.1 Å². The Bertz CT molecular complexity index is 1080. The van der Waals surface area contributed by atoms with Crippen molar-refractivity contribution in [1.29, 1.82) is 0 Å². The maximum absolute atomic E-state index is 15.0. The molecule has 2 aromatic carbocycles. The molecule has 8 heteroatoms. The Morgan fingerprint density at radius 3 is 2.45 bits per heavy atom. The van der Waals surface area contributed by atoms with Gasteiger partial charge in [-0.25, -0.2) is 12.8 Å². The lowest BCUT2D eigenvalue weighted by Gasteiger charge is -2.43. The van der Waals surface area contributed by atoms with Crippen LogP contribution >= 0.6 is 0 Å². The number of hydrogen-bond donors (Lipinski definition) is 2. The number of carbonyl (C=O) groups is 1. The maximum Gasteiger partial charge on any atom is 0.228 e. The lowest BCUT2D eigenvalue weighted by Crippen LogP contribution is -2.53. The molecule has 0 bridgehead atoms. The molecule has 0 aromatic heterocycles. The van der Waals surface area contributed by atoms with E-state index in [9.17, 15) is 18.3 Å². The lowest BCUT2D eigenvalue weighted by molar-refractivity contribution is -0.131. The third kappa shape index (κ3) is 3.77. The predicted molar refractivity (Wildman–Crippen MR) is 115 cm³/mol. The van der Waals surface area contributed by atoms with Crippen molar-refractivity contribution in [2.45, 2.75) is 62.0 Å². The zero-order valence-electron chi connectivity index (χ0n) is 17.4. The van der Waals surface area contributed by atoms with Gasteiger partial charge >= 0.3 is 0 Å². The van der Waals surface area contributed by atoms with Crippen LogP contribution < -0.4 is 5.73 Å². The van der Waals surface area contributed by atoms with Crippen molar-refractivity contribution < 1.29 is 22.7 Å². The molecule has 1 aliphatic heterocycles. The Morgan fingerprint density at radius 2 is 1.87 bits per heavy atom. The number of halogens is 1. The number of carbonyl (C=O) groups excluding carboxylic acids is 1. The fraction of sp³-hybridized carbons (Fsp3) is 0.435. The number of rotatable bonds is 5. The Hall–Kier alpha value is -2.29. The number of aliphatic hydroxyl groups is 1. The highest BCUT2D eigenvalue weighted by atomic mass is 32.2. The van der Waals surface area contributed by atoms with Crippen LogP contribution in [0.5, 0.6) is 0 Å². The number of amides is 1. The van der Waals surface area contributed by atoms with E-state index in [4.69, 9.17) is 5.73 Å². The van der Waals surface area contributed by atoms with E-state index in [-0.39, 0.29) is 31.0 Å². The summed E-state index contributed by atoms with van der Waals surface area (Å²) in [5, 5.41) is 9.01. The number of benzene rings is 2. The average molecular weight is 447 g/mol. The molecular weight excluding hydrogens is 419 g/mol. The van der Waals surface area contributed by atoms with E-state index >= 15 is 4.39 Å². The van der Waals surface area contributed by atoms with Crippen LogP contribution in [0, 0.1) is 5.82 Å². The first-order valence-electron chi connectivity index (χ1n) is 10.5. The SMILES string of the molecule is C[C@H]1CC[C@H](c2ccccc2)S(=O)(=O)N1Cc1ccc([C@]2(C(N)=O)C[C@@H](O)C2)cc1F. The maximum atomic E-state index is 15.0. The molecule has 1 amide bonds. The smallest absolute Gasteiger partial charge is 0.228 e. The molecule has 4 rings (SSSR count). The predicted octanol–water partition coefficient (Wildman–Crippen LogP) is 2.76. The van der Waals surface area contributed by atoms with Gasteiger partial charge in [0.05, 0.1) is 11.5 Å². The fourth-order valence-electron chi connectivity index (χ4n) is 4.82. The molecule has 0 spiro atoms. The summed E-state index contributed by atoms with van der Waals surface area (Å²) in [4.78, 5) is 12.0. The van der Waals surface area contributed by atoms with E-state index in [1.54, 1.807) is 6.07 Å². The first kappa shape index (κ1) is 21.9. The number of aliphatic hydroxyl groups excluding tert-OH is 1. The molecule has 2 aliphatic rings. The molecule has 0 unspecified atom stereocenters. The average Bonchev–Trinajstić information content (AvgIpc) is 2.69. The minimum absolute atomic E-state index is 0.0782. The van der Waals surface area contributed by atoms with Gasteiger partial charge in [-0.3, -0.25) is 4.79 Å². The zero-order valence-corrected chi connectivity index (χ0v) is 18.2. The van der Waals surface area contributed by atoms with E-state index in [1.807, 2.05) is 37.3 Å². The van der Waals surface area contributed by atoms with E-state index in [0.29, 0.717) is 18.4 Å². The summed E-state index contributed by atoms with van der Waals surface area (Å²) in [6, 6.07) is 13.2. The molecule has 6 nitrogen and oxygen atoms in total. The molecule has 166 valence electrons. The van der Waals surface area contributed by atoms with Crippen molar-refractivity contribution in [2.75, 3.05) is 0 Å². The van der Waals surface area contributed by atoms with Gasteiger partial charge in [0.2, 0.25) is 15.9 Å². The van der Waals surface area contributed by atoms with Crippen LogP contribution in [0.25, 0.3) is 0 Å². The molecule has 3 N–H and O–H groups in total. The number of nitrogens with two attached hydrogens (primary N) is 1. The van der Waals surface area contributed by atoms with E-state index in [0.717, 1.165) is 5.56 Å². The van der Waals surface area contributed by atoms with Crippen molar-refractivity contribution in [2.24, 2.45) is 5.73 Å². The van der Waals surface area contributed by atoms with Crippen molar-refractivity contribution in [1.82, 2.24) is 4.31 Å². The Morgan fingerprint density at radius 1 is 1.19 bits per heavy atom. The molecule has 1 heterocycles. The molecule has 1 aliphatic carbocycles. The second-order valence-electron chi connectivity index (χ2n) is 8.73. The summed E-state index contributed by atoms with van der Waals surface area (Å²) >= 11 is 0. The van der Waals surface area contributed by atoms with Gasteiger partial charge in [0, 0.05) is 18.2 Å². The molecule has 0 radical (unpaired) electrons. The summed E-state index contributed by atoms with van der Waals surface area (Å²) in [6.07, 6.45) is 0.898. The third-order valence-corrected chi connectivity index (χ3v) is 9.14. The Balaban J connectivity index is 1.61. The topological polar surface area (TPSA) is 101 Å². The highest BCUT2D eigenvalue weighted by Crippen LogP contribution is 2.44. The quantitative estimate of drug-likeness (QED) is 0.737. The van der Waals surface area contributed by atoms with Gasteiger partial charge in [-0.2, -0.15) is 4.31 Å². The minimum atomic E-state index is -3.67. The van der Waals surface area contributed by atoms with Gasteiger partial charge in [-0.05, 0) is 49.8 Å². The van der Waals surface area contributed by atoms with Gasteiger partial charge < -0.3 is 10.8 Å². The van der Waals surface area contributed by atoms with Crippen LogP contribution in [0.1, 0.15) is 54.5 Å². The van der Waals surface area contributed by atoms with Crippen molar-refractivity contribution in [3.8, 4) is 0 Å². The van der Waals surface area contributed by atoms with Crippen molar-refractivity contribution >= 4 is 15.9 Å². The number of hydrogen-bond acceptors (Lipinski definition) is 4. The molecule has 1 saturated heterocycles. The molecule has 2 aromatic rings. The molecule has 2 atom stereocenters. The zero-order chi connectivity index (χ0) is 22.4. The Kier molecular flexibility index (Phi) is 5.66. The van der Waals surface area contributed by atoms with Crippen LogP contribution in [0.4, 0.5) is 4.39 Å². The van der Waals surface area contributed by atoms with E-state index in [2.05, 4.69) is 0 Å². The number of sulfonamides is 1. The van der Waals surface area contributed by atoms with E-state index in [1.165, 1.54) is 16.4 Å². The highest BCUT2D eigenvalue weighted by molar-refractivity contribution is 7.89. The number of primary amides is 1. The highest BCUT2D eigenvalue weighted by Gasteiger charge is 2.50. The normalized spacial score (nSPS) is 30.5. The van der Waals surface area contributed by atoms with Crippen LogP contribution in [0.3, 0.4) is 0 Å². The first-order chi connectivity index (χ1) is 14.6. The summed E-state index contributed by atoms with van der Waals surface area (Å²) in [7, 11) is -3.67. The molecule has 31 heavy (non-hydrogen) atoms. The largest absolute Gasteiger partial charge is 0.393 e. The van der Waals surface area contributed by atoms with Gasteiger partial charge in [0.15, 0.2) is 0 Å². The standard InChI is InChI=1S/C23H27FN2O4S/c1-15-7-10-21(16-5-3-2-4-6-16)31(29,30)26(15)14-17-8-9-18(11-20(17)24)23(22(25)28)12-19(27)13-23/h2-6,8-9,11,15,19,21,27H,7,10,12-14H2,1H3,(H2,25,28)/t15-,19-,21+,23+/m0/s1. The summed E-state index contributed by atoms with van der Waals surface area (Å²) < 4.78 is 43.1. The first-order valence-corrected chi connectivity index (χ1v) is 12.0. The second kappa shape index (κ2) is 8.00. The third-order valence-electron chi connectivity index (χ3n) is 6.77. The van der Waals surface area contributed by atoms with Gasteiger partial charge in [-0.1, -0.05) is 42.5 Å². The van der Waals surface area contributed by atoms with Crippen LogP contribution in [0.15, 0.2) is 48.5 Å². The Labute approximate surface area is 181 Å². The second-order valence-corrected chi connectivity index (χ2v) is 10.8. The van der Waals surface area contributed by atoms with E-state index < -0.39 is 38.5 Å². The summed E-state index contributed by atoms with van der Waals surface area (Å²) in [5.74, 6) is -1.17. The summed E-state index contributed by atoms with van der Waals surface area (Å²) in [6.45, 7) is 1.76. The fourth-order valence-corrected chi connectivity index (χ4v) is 7.00.